The second-order valence-electron chi connectivity index (χ2n) is 5.33. The fourth-order valence-electron chi connectivity index (χ4n) is 2.40. The summed E-state index contributed by atoms with van der Waals surface area (Å²) in [6.07, 6.45) is 3.50. The van der Waals surface area contributed by atoms with E-state index in [1.807, 2.05) is 0 Å². The van der Waals surface area contributed by atoms with Crippen LogP contribution in [-0.4, -0.2) is 24.7 Å². The SMILES string of the molecule is O=C(COc1ccc(Cl)cc1)NC1CC(C2CC2)NN1. The van der Waals surface area contributed by atoms with Crippen molar-refractivity contribution in [3.63, 3.8) is 0 Å². The van der Waals surface area contributed by atoms with Crippen molar-refractivity contribution in [2.45, 2.75) is 31.5 Å². The fraction of sp³-hybridized carbons (Fsp3) is 0.500. The van der Waals surface area contributed by atoms with Crippen LogP contribution in [0.1, 0.15) is 19.3 Å². The minimum Gasteiger partial charge on any atom is -0.484 e. The van der Waals surface area contributed by atoms with Gasteiger partial charge in [0.2, 0.25) is 0 Å². The Kier molecular flexibility index (Phi) is 4.10. The van der Waals surface area contributed by atoms with Crippen molar-refractivity contribution in [1.29, 1.82) is 0 Å². The predicted octanol–water partition coefficient (Wildman–Crippen LogP) is 1.44. The largest absolute Gasteiger partial charge is 0.484 e. The van der Waals surface area contributed by atoms with Crippen molar-refractivity contribution in [1.82, 2.24) is 16.2 Å². The molecule has 1 aromatic rings. The number of hydrogen-bond acceptors (Lipinski definition) is 4. The van der Waals surface area contributed by atoms with Crippen LogP contribution in [0, 0.1) is 5.92 Å². The van der Waals surface area contributed by atoms with Gasteiger partial charge >= 0.3 is 0 Å². The Balaban J connectivity index is 1.40. The summed E-state index contributed by atoms with van der Waals surface area (Å²) in [5.41, 5.74) is 6.34. The van der Waals surface area contributed by atoms with E-state index in [1.165, 1.54) is 12.8 Å². The number of rotatable bonds is 5. The molecular formula is C14H18ClN3O2. The number of ether oxygens (including phenoxy) is 1. The maximum Gasteiger partial charge on any atom is 0.259 e. The summed E-state index contributed by atoms with van der Waals surface area (Å²) in [7, 11) is 0. The Morgan fingerprint density at radius 1 is 1.30 bits per heavy atom. The average molecular weight is 296 g/mol. The molecule has 20 heavy (non-hydrogen) atoms. The molecule has 1 saturated carbocycles. The van der Waals surface area contributed by atoms with Crippen LogP contribution in [0.4, 0.5) is 0 Å². The van der Waals surface area contributed by atoms with E-state index in [0.29, 0.717) is 16.8 Å². The van der Waals surface area contributed by atoms with Gasteiger partial charge in [-0.15, -0.1) is 0 Å². The van der Waals surface area contributed by atoms with Crippen LogP contribution < -0.4 is 20.9 Å². The molecule has 1 amide bonds. The molecule has 6 heteroatoms. The van der Waals surface area contributed by atoms with E-state index in [4.69, 9.17) is 16.3 Å². The van der Waals surface area contributed by atoms with Crippen LogP contribution in [0.15, 0.2) is 24.3 Å². The van der Waals surface area contributed by atoms with Crippen LogP contribution in [0.5, 0.6) is 5.75 Å². The van der Waals surface area contributed by atoms with Crippen molar-refractivity contribution in [3.8, 4) is 5.75 Å². The van der Waals surface area contributed by atoms with Gasteiger partial charge in [0.25, 0.3) is 5.91 Å². The van der Waals surface area contributed by atoms with Crippen LogP contribution in [-0.2, 0) is 4.79 Å². The molecule has 1 aromatic carbocycles. The maximum absolute atomic E-state index is 11.8. The number of benzene rings is 1. The first-order chi connectivity index (χ1) is 9.70. The van der Waals surface area contributed by atoms with Crippen molar-refractivity contribution in [3.05, 3.63) is 29.3 Å². The highest BCUT2D eigenvalue weighted by Crippen LogP contribution is 2.35. The van der Waals surface area contributed by atoms with Gasteiger partial charge in [-0.05, 0) is 49.4 Å². The lowest BCUT2D eigenvalue weighted by molar-refractivity contribution is -0.123. The molecule has 2 fully saturated rings. The molecule has 0 radical (unpaired) electrons. The van der Waals surface area contributed by atoms with Gasteiger partial charge in [0.15, 0.2) is 6.61 Å². The summed E-state index contributed by atoms with van der Waals surface area (Å²) in [6, 6.07) is 7.44. The Labute approximate surface area is 123 Å². The molecule has 108 valence electrons. The van der Waals surface area contributed by atoms with E-state index in [2.05, 4.69) is 16.2 Å². The Bertz CT molecular complexity index is 476. The maximum atomic E-state index is 11.8. The average Bonchev–Trinajstić information content (AvgIpc) is 3.19. The highest BCUT2D eigenvalue weighted by Gasteiger charge is 2.36. The number of hydrogen-bond donors (Lipinski definition) is 3. The summed E-state index contributed by atoms with van der Waals surface area (Å²) in [5.74, 6) is 1.28. The van der Waals surface area contributed by atoms with Crippen molar-refractivity contribution < 1.29 is 9.53 Å². The molecule has 0 spiro atoms. The highest BCUT2D eigenvalue weighted by atomic mass is 35.5. The number of hydrazine groups is 1. The zero-order valence-electron chi connectivity index (χ0n) is 11.1. The lowest BCUT2D eigenvalue weighted by Gasteiger charge is -2.12. The minimum atomic E-state index is -0.129. The van der Waals surface area contributed by atoms with Gasteiger partial charge in [0.1, 0.15) is 5.75 Å². The molecule has 0 aromatic heterocycles. The summed E-state index contributed by atoms with van der Waals surface area (Å²) in [5, 5.41) is 3.56. The molecule has 1 aliphatic heterocycles. The number of halogens is 1. The normalized spacial score (nSPS) is 25.4. The predicted molar refractivity (Wildman–Crippen MR) is 76.3 cm³/mol. The van der Waals surface area contributed by atoms with Crippen LogP contribution in [0.25, 0.3) is 0 Å². The first-order valence-corrected chi connectivity index (χ1v) is 7.27. The molecular weight excluding hydrogens is 278 g/mol. The Morgan fingerprint density at radius 3 is 2.75 bits per heavy atom. The summed E-state index contributed by atoms with van der Waals surface area (Å²) < 4.78 is 5.40. The van der Waals surface area contributed by atoms with Gasteiger partial charge in [-0.1, -0.05) is 11.6 Å². The summed E-state index contributed by atoms with van der Waals surface area (Å²) >= 11 is 5.78. The molecule has 3 rings (SSSR count). The zero-order chi connectivity index (χ0) is 13.9. The number of amides is 1. The number of nitrogens with one attached hydrogen (secondary N) is 3. The molecule has 1 heterocycles. The molecule has 2 unspecified atom stereocenters. The van der Waals surface area contributed by atoms with Gasteiger partial charge < -0.3 is 10.1 Å². The van der Waals surface area contributed by atoms with Gasteiger partial charge in [-0.25, -0.2) is 5.43 Å². The van der Waals surface area contributed by atoms with E-state index in [9.17, 15) is 4.79 Å². The highest BCUT2D eigenvalue weighted by molar-refractivity contribution is 6.30. The number of carbonyl (C=O) groups is 1. The quantitative estimate of drug-likeness (QED) is 0.769. The third-order valence-electron chi connectivity index (χ3n) is 3.64. The fourth-order valence-corrected chi connectivity index (χ4v) is 2.53. The van der Waals surface area contributed by atoms with E-state index in [-0.39, 0.29) is 18.7 Å². The molecule has 3 N–H and O–H groups in total. The first kappa shape index (κ1) is 13.7. The Hall–Kier alpha value is -1.30. The molecule has 2 aliphatic rings. The van der Waals surface area contributed by atoms with Gasteiger partial charge in [0, 0.05) is 11.1 Å². The van der Waals surface area contributed by atoms with Crippen LogP contribution in [0.2, 0.25) is 5.02 Å². The standard InChI is InChI=1S/C14H18ClN3O2/c15-10-3-5-11(6-4-10)20-8-14(19)16-13-7-12(17-18-13)9-1-2-9/h3-6,9,12-13,17-18H,1-2,7-8H2,(H,16,19). The molecule has 0 bridgehead atoms. The third-order valence-corrected chi connectivity index (χ3v) is 3.89. The van der Waals surface area contributed by atoms with E-state index >= 15 is 0 Å². The minimum absolute atomic E-state index is 0.00784. The van der Waals surface area contributed by atoms with Crippen molar-refractivity contribution in [2.24, 2.45) is 5.92 Å². The molecule has 2 atom stereocenters. The van der Waals surface area contributed by atoms with Crippen LogP contribution >= 0.6 is 11.6 Å². The zero-order valence-corrected chi connectivity index (χ0v) is 11.8. The first-order valence-electron chi connectivity index (χ1n) is 6.89. The molecule has 1 saturated heterocycles. The second kappa shape index (κ2) is 5.99. The molecule has 5 nitrogen and oxygen atoms in total. The number of carbonyl (C=O) groups excluding carboxylic acids is 1. The van der Waals surface area contributed by atoms with Gasteiger partial charge in [0.05, 0.1) is 6.17 Å². The lowest BCUT2D eigenvalue weighted by Crippen LogP contribution is -2.46. The van der Waals surface area contributed by atoms with E-state index < -0.39 is 0 Å². The summed E-state index contributed by atoms with van der Waals surface area (Å²) in [6.45, 7) is 0.00784. The lowest BCUT2D eigenvalue weighted by atomic mass is 10.1. The summed E-state index contributed by atoms with van der Waals surface area (Å²) in [4.78, 5) is 11.8. The smallest absolute Gasteiger partial charge is 0.259 e. The van der Waals surface area contributed by atoms with E-state index in [1.54, 1.807) is 24.3 Å². The van der Waals surface area contributed by atoms with Crippen molar-refractivity contribution >= 4 is 17.5 Å². The van der Waals surface area contributed by atoms with Crippen molar-refractivity contribution in [2.75, 3.05) is 6.61 Å². The topological polar surface area (TPSA) is 62.4 Å². The van der Waals surface area contributed by atoms with Gasteiger partial charge in [-0.2, -0.15) is 0 Å². The third kappa shape index (κ3) is 3.62. The molecule has 1 aliphatic carbocycles. The van der Waals surface area contributed by atoms with Crippen LogP contribution in [0.3, 0.4) is 0 Å². The Morgan fingerprint density at radius 2 is 2.05 bits per heavy atom. The second-order valence-corrected chi connectivity index (χ2v) is 5.77. The van der Waals surface area contributed by atoms with Gasteiger partial charge in [-0.3, -0.25) is 10.2 Å². The monoisotopic (exact) mass is 295 g/mol. The van der Waals surface area contributed by atoms with E-state index in [0.717, 1.165) is 12.3 Å².